The molecule has 0 spiro atoms. The fraction of sp³-hybridized carbons (Fsp3) is 0.423. The molecule has 0 bridgehead atoms. The zero-order chi connectivity index (χ0) is 24.8. The van der Waals surface area contributed by atoms with Crippen molar-refractivity contribution < 1.29 is 33.7 Å². The van der Waals surface area contributed by atoms with Crippen molar-refractivity contribution in [2.45, 2.75) is 31.0 Å². The summed E-state index contributed by atoms with van der Waals surface area (Å²) in [6, 6.07) is 16.3. The van der Waals surface area contributed by atoms with Crippen LogP contribution in [0.4, 0.5) is 4.79 Å². The highest BCUT2D eigenvalue weighted by Gasteiger charge is 2.35. The molecule has 1 aliphatic carbocycles. The van der Waals surface area contributed by atoms with Crippen LogP contribution in [0.25, 0.3) is 11.1 Å². The van der Waals surface area contributed by atoms with E-state index in [4.69, 9.17) is 19.3 Å². The van der Waals surface area contributed by atoms with Crippen molar-refractivity contribution in [3.8, 4) is 11.1 Å². The Balaban J connectivity index is 1.26. The standard InChI is InChI=1S/C26H30N2O7/c1-33-17(12-23(29)30)14-27-25(31)24-16(10-11-34-24)13-28-26(32)35-15-22-20-8-4-2-6-18(20)19-7-3-5-9-21(19)22/h2-9,16-17,22,24H,10-15H2,1H3,(H,27,31)(H,28,32)(H,29,30)/t16-,17?,24-/m1/s1. The van der Waals surface area contributed by atoms with Crippen LogP contribution >= 0.6 is 0 Å². The van der Waals surface area contributed by atoms with Gasteiger partial charge in [0.15, 0.2) is 0 Å². The van der Waals surface area contributed by atoms with Gasteiger partial charge in [-0.1, -0.05) is 48.5 Å². The number of rotatable bonds is 10. The number of alkyl carbamates (subject to hydrolysis) is 1. The van der Waals surface area contributed by atoms with E-state index in [-0.39, 0.29) is 43.9 Å². The molecule has 1 aliphatic heterocycles. The SMILES string of the molecule is COC(CNC(=O)[C@@H]1OCC[C@@H]1CNC(=O)OCC1c2ccccc2-c2ccccc21)CC(=O)O. The van der Waals surface area contributed by atoms with Crippen LogP contribution in [0.1, 0.15) is 29.9 Å². The molecule has 0 radical (unpaired) electrons. The van der Waals surface area contributed by atoms with Crippen molar-refractivity contribution in [3.63, 3.8) is 0 Å². The first-order valence-corrected chi connectivity index (χ1v) is 11.7. The van der Waals surface area contributed by atoms with Crippen LogP contribution in [0.5, 0.6) is 0 Å². The van der Waals surface area contributed by atoms with Gasteiger partial charge in [0, 0.05) is 38.6 Å². The van der Waals surface area contributed by atoms with Crippen molar-refractivity contribution in [1.82, 2.24) is 10.6 Å². The second-order valence-corrected chi connectivity index (χ2v) is 8.75. The summed E-state index contributed by atoms with van der Waals surface area (Å²) in [4.78, 5) is 35.9. The van der Waals surface area contributed by atoms with Crippen molar-refractivity contribution in [1.29, 1.82) is 0 Å². The van der Waals surface area contributed by atoms with Gasteiger partial charge in [0.1, 0.15) is 12.7 Å². The third kappa shape index (κ3) is 5.80. The molecule has 4 rings (SSSR count). The highest BCUT2D eigenvalue weighted by atomic mass is 16.5. The van der Waals surface area contributed by atoms with Gasteiger partial charge >= 0.3 is 12.1 Å². The van der Waals surface area contributed by atoms with Crippen molar-refractivity contribution >= 4 is 18.0 Å². The Morgan fingerprint density at radius 3 is 2.34 bits per heavy atom. The fourth-order valence-corrected chi connectivity index (χ4v) is 4.75. The van der Waals surface area contributed by atoms with Crippen LogP contribution in [0.3, 0.4) is 0 Å². The lowest BCUT2D eigenvalue weighted by Gasteiger charge is -2.20. The maximum atomic E-state index is 12.6. The summed E-state index contributed by atoms with van der Waals surface area (Å²) in [6.45, 7) is 0.913. The Morgan fingerprint density at radius 2 is 1.71 bits per heavy atom. The van der Waals surface area contributed by atoms with E-state index >= 15 is 0 Å². The zero-order valence-electron chi connectivity index (χ0n) is 19.6. The Bertz CT molecular complexity index is 1030. The van der Waals surface area contributed by atoms with E-state index in [1.54, 1.807) is 0 Å². The summed E-state index contributed by atoms with van der Waals surface area (Å²) in [5, 5.41) is 14.3. The van der Waals surface area contributed by atoms with E-state index in [1.807, 2.05) is 24.3 Å². The Labute approximate surface area is 203 Å². The van der Waals surface area contributed by atoms with Gasteiger partial charge in [0.05, 0.1) is 12.5 Å². The van der Waals surface area contributed by atoms with Gasteiger partial charge in [-0.2, -0.15) is 0 Å². The minimum Gasteiger partial charge on any atom is -0.481 e. The van der Waals surface area contributed by atoms with Gasteiger partial charge in [-0.15, -0.1) is 0 Å². The third-order valence-electron chi connectivity index (χ3n) is 6.56. The first-order chi connectivity index (χ1) is 17.0. The van der Waals surface area contributed by atoms with Gasteiger partial charge < -0.3 is 30.0 Å². The summed E-state index contributed by atoms with van der Waals surface area (Å²) in [7, 11) is 1.40. The van der Waals surface area contributed by atoms with Crippen LogP contribution in [0.2, 0.25) is 0 Å². The van der Waals surface area contributed by atoms with Crippen LogP contribution in [0.15, 0.2) is 48.5 Å². The Kier molecular flexibility index (Phi) is 7.99. The fourth-order valence-electron chi connectivity index (χ4n) is 4.75. The molecule has 3 N–H and O–H groups in total. The predicted molar refractivity (Wildman–Crippen MR) is 127 cm³/mol. The summed E-state index contributed by atoms with van der Waals surface area (Å²) in [5.41, 5.74) is 4.60. The summed E-state index contributed by atoms with van der Waals surface area (Å²) in [5.74, 6) is -1.60. The molecule has 1 heterocycles. The number of methoxy groups -OCH3 is 1. The third-order valence-corrected chi connectivity index (χ3v) is 6.56. The lowest BCUT2D eigenvalue weighted by atomic mass is 9.98. The molecule has 1 fully saturated rings. The van der Waals surface area contributed by atoms with E-state index in [9.17, 15) is 14.4 Å². The molecule has 2 aliphatic rings. The molecule has 0 aromatic heterocycles. The number of aliphatic carboxylic acids is 1. The Morgan fingerprint density at radius 1 is 1.06 bits per heavy atom. The second-order valence-electron chi connectivity index (χ2n) is 8.75. The predicted octanol–water partition coefficient (Wildman–Crippen LogP) is 2.54. The molecule has 3 atom stereocenters. The largest absolute Gasteiger partial charge is 0.481 e. The number of carbonyl (C=O) groups excluding carboxylic acids is 2. The number of carboxylic acids is 1. The average Bonchev–Trinajstić information content (AvgIpc) is 3.46. The molecule has 2 aromatic rings. The number of carboxylic acid groups (broad SMARTS) is 1. The zero-order valence-corrected chi connectivity index (χ0v) is 19.6. The Hall–Kier alpha value is -3.43. The molecule has 35 heavy (non-hydrogen) atoms. The van der Waals surface area contributed by atoms with Gasteiger partial charge in [-0.25, -0.2) is 4.79 Å². The second kappa shape index (κ2) is 11.3. The topological polar surface area (TPSA) is 123 Å². The number of ether oxygens (including phenoxy) is 3. The molecule has 1 saturated heterocycles. The smallest absolute Gasteiger partial charge is 0.407 e. The molecular weight excluding hydrogens is 452 g/mol. The normalized spacial score (nSPS) is 19.5. The van der Waals surface area contributed by atoms with E-state index in [1.165, 1.54) is 7.11 Å². The molecule has 2 aromatic carbocycles. The van der Waals surface area contributed by atoms with E-state index in [0.29, 0.717) is 13.0 Å². The number of carbonyl (C=O) groups is 3. The molecule has 0 saturated carbocycles. The molecule has 1 unspecified atom stereocenters. The first kappa shape index (κ1) is 24.7. The number of fused-ring (bicyclic) bond motifs is 3. The van der Waals surface area contributed by atoms with Crippen molar-refractivity contribution in [3.05, 3.63) is 59.7 Å². The van der Waals surface area contributed by atoms with E-state index < -0.39 is 24.3 Å². The number of nitrogens with one attached hydrogen (secondary N) is 2. The number of amides is 2. The van der Waals surface area contributed by atoms with Gasteiger partial charge in [0.2, 0.25) is 5.91 Å². The first-order valence-electron chi connectivity index (χ1n) is 11.7. The highest BCUT2D eigenvalue weighted by Crippen LogP contribution is 2.44. The maximum absolute atomic E-state index is 12.6. The van der Waals surface area contributed by atoms with Gasteiger partial charge in [0.25, 0.3) is 0 Å². The molecular formula is C26H30N2O7. The summed E-state index contributed by atoms with van der Waals surface area (Å²) in [6.07, 6.45) is -1.50. The van der Waals surface area contributed by atoms with E-state index in [0.717, 1.165) is 22.3 Å². The van der Waals surface area contributed by atoms with Gasteiger partial charge in [-0.05, 0) is 28.7 Å². The number of benzene rings is 2. The summed E-state index contributed by atoms with van der Waals surface area (Å²) >= 11 is 0. The quantitative estimate of drug-likeness (QED) is 0.476. The minimum atomic E-state index is -1.01. The van der Waals surface area contributed by atoms with Crippen molar-refractivity contribution in [2.75, 3.05) is 33.4 Å². The molecule has 9 heteroatoms. The number of hydrogen-bond donors (Lipinski definition) is 3. The molecule has 186 valence electrons. The van der Waals surface area contributed by atoms with Crippen molar-refractivity contribution in [2.24, 2.45) is 5.92 Å². The lowest BCUT2D eigenvalue weighted by molar-refractivity contribution is -0.140. The number of hydrogen-bond acceptors (Lipinski definition) is 6. The van der Waals surface area contributed by atoms with Crippen LogP contribution in [0, 0.1) is 5.92 Å². The molecule has 2 amide bonds. The monoisotopic (exact) mass is 482 g/mol. The molecule has 9 nitrogen and oxygen atoms in total. The van der Waals surface area contributed by atoms with E-state index in [2.05, 4.69) is 34.9 Å². The van der Waals surface area contributed by atoms with Crippen LogP contribution in [-0.2, 0) is 23.8 Å². The minimum absolute atomic E-state index is 0.0268. The lowest BCUT2D eigenvalue weighted by Crippen LogP contribution is -2.44. The maximum Gasteiger partial charge on any atom is 0.407 e. The highest BCUT2D eigenvalue weighted by molar-refractivity contribution is 5.82. The van der Waals surface area contributed by atoms with Gasteiger partial charge in [-0.3, -0.25) is 9.59 Å². The average molecular weight is 483 g/mol. The summed E-state index contributed by atoms with van der Waals surface area (Å²) < 4.78 is 16.2. The van der Waals surface area contributed by atoms with Crippen LogP contribution < -0.4 is 10.6 Å². The van der Waals surface area contributed by atoms with Crippen LogP contribution in [-0.4, -0.2) is 68.7 Å².